The van der Waals surface area contributed by atoms with Crippen LogP contribution in [0.5, 0.6) is 0 Å². The second-order valence-electron chi connectivity index (χ2n) is 5.09. The summed E-state index contributed by atoms with van der Waals surface area (Å²) in [6.45, 7) is 2.22. The molecule has 1 aliphatic carbocycles. The summed E-state index contributed by atoms with van der Waals surface area (Å²) in [6, 6.07) is 0.345. The molecule has 1 aliphatic heterocycles. The number of urea groups is 1. The van der Waals surface area contributed by atoms with E-state index in [0.717, 1.165) is 32.2 Å². The molecule has 1 atom stereocenters. The maximum Gasteiger partial charge on any atom is 0.317 e. The number of nitrogens with zero attached hydrogens (tertiary/aromatic N) is 1. The molecule has 1 heterocycles. The monoisotopic (exact) mass is 254 g/mol. The molecule has 1 saturated heterocycles. The topological polar surface area (TPSA) is 87.5 Å². The molecule has 1 saturated carbocycles. The number of nitrogens with two attached hydrogens (primary N) is 1. The van der Waals surface area contributed by atoms with Crippen molar-refractivity contribution in [2.75, 3.05) is 26.2 Å². The summed E-state index contributed by atoms with van der Waals surface area (Å²) in [5, 5.41) is 5.75. The van der Waals surface area contributed by atoms with E-state index in [1.165, 1.54) is 0 Å². The minimum absolute atomic E-state index is 0.0179. The lowest BCUT2D eigenvalue weighted by molar-refractivity contribution is -0.126. The highest BCUT2D eigenvalue weighted by Gasteiger charge is 2.31. The quantitative estimate of drug-likeness (QED) is 0.640. The summed E-state index contributed by atoms with van der Waals surface area (Å²) in [5.74, 6) is -0.0698. The van der Waals surface area contributed by atoms with Gasteiger partial charge in [-0.05, 0) is 25.7 Å². The van der Waals surface area contributed by atoms with Crippen molar-refractivity contribution in [3.05, 3.63) is 0 Å². The van der Waals surface area contributed by atoms with E-state index < -0.39 is 0 Å². The molecule has 0 spiro atoms. The lowest BCUT2D eigenvalue weighted by Crippen LogP contribution is -2.49. The molecular formula is C12H22N4O2. The molecule has 0 bridgehead atoms. The van der Waals surface area contributed by atoms with Crippen LogP contribution < -0.4 is 16.4 Å². The Bertz CT molecular complexity index is 317. The Hall–Kier alpha value is -1.30. The van der Waals surface area contributed by atoms with Gasteiger partial charge in [0.05, 0.1) is 5.92 Å². The van der Waals surface area contributed by atoms with Crippen LogP contribution in [-0.2, 0) is 4.79 Å². The zero-order valence-electron chi connectivity index (χ0n) is 10.7. The second-order valence-corrected chi connectivity index (χ2v) is 5.09. The van der Waals surface area contributed by atoms with Gasteiger partial charge >= 0.3 is 6.03 Å². The first-order valence-corrected chi connectivity index (χ1v) is 6.74. The Balaban J connectivity index is 1.79. The van der Waals surface area contributed by atoms with Crippen LogP contribution in [0, 0.1) is 5.92 Å². The smallest absolute Gasteiger partial charge is 0.317 e. The Morgan fingerprint density at radius 2 is 2.06 bits per heavy atom. The van der Waals surface area contributed by atoms with Crippen LogP contribution in [0.3, 0.4) is 0 Å². The van der Waals surface area contributed by atoms with Crippen LogP contribution in [0.25, 0.3) is 0 Å². The number of rotatable bonds is 4. The average molecular weight is 254 g/mol. The molecule has 4 N–H and O–H groups in total. The third-order valence-electron chi connectivity index (χ3n) is 3.43. The molecule has 0 aromatic rings. The summed E-state index contributed by atoms with van der Waals surface area (Å²) in [4.78, 5) is 25.5. The van der Waals surface area contributed by atoms with Gasteiger partial charge in [0.2, 0.25) is 5.91 Å². The van der Waals surface area contributed by atoms with E-state index in [2.05, 4.69) is 10.6 Å². The maximum absolute atomic E-state index is 11.9. The van der Waals surface area contributed by atoms with E-state index in [4.69, 9.17) is 5.73 Å². The lowest BCUT2D eigenvalue weighted by atomic mass is 9.97. The molecule has 2 aliphatic rings. The van der Waals surface area contributed by atoms with Crippen molar-refractivity contribution in [3.63, 3.8) is 0 Å². The Labute approximate surface area is 107 Å². The minimum atomic E-state index is -0.0877. The van der Waals surface area contributed by atoms with Crippen molar-refractivity contribution in [3.8, 4) is 0 Å². The number of piperidine rings is 1. The Morgan fingerprint density at radius 1 is 1.28 bits per heavy atom. The number of likely N-dealkylation sites (tertiary alicyclic amines) is 1. The number of amides is 3. The lowest BCUT2D eigenvalue weighted by Gasteiger charge is -2.32. The number of carbonyl (C=O) groups is 2. The summed E-state index contributed by atoms with van der Waals surface area (Å²) < 4.78 is 0. The van der Waals surface area contributed by atoms with E-state index >= 15 is 0 Å². The molecule has 0 radical (unpaired) electrons. The fraction of sp³-hybridized carbons (Fsp3) is 0.833. The molecule has 18 heavy (non-hydrogen) atoms. The molecule has 0 aromatic carbocycles. The van der Waals surface area contributed by atoms with Gasteiger partial charge in [-0.15, -0.1) is 0 Å². The first kappa shape index (κ1) is 13.1. The normalized spacial score (nSPS) is 23.6. The Kier molecular flexibility index (Phi) is 4.41. The molecule has 3 amide bonds. The fourth-order valence-corrected chi connectivity index (χ4v) is 2.21. The molecule has 1 unspecified atom stereocenters. The van der Waals surface area contributed by atoms with Crippen LogP contribution in [0.1, 0.15) is 25.7 Å². The molecule has 2 rings (SSSR count). The van der Waals surface area contributed by atoms with Gasteiger partial charge < -0.3 is 21.3 Å². The SMILES string of the molecule is NCCNC(=O)C1CCCN(C(=O)NC2CC2)C1. The van der Waals surface area contributed by atoms with Gasteiger partial charge in [-0.3, -0.25) is 4.79 Å². The van der Waals surface area contributed by atoms with E-state index in [-0.39, 0.29) is 17.9 Å². The van der Waals surface area contributed by atoms with Crippen molar-refractivity contribution in [2.24, 2.45) is 11.7 Å². The summed E-state index contributed by atoms with van der Waals surface area (Å²) >= 11 is 0. The zero-order valence-corrected chi connectivity index (χ0v) is 10.7. The summed E-state index contributed by atoms with van der Waals surface area (Å²) in [7, 11) is 0. The van der Waals surface area contributed by atoms with Gasteiger partial charge in [0.25, 0.3) is 0 Å². The van der Waals surface area contributed by atoms with Gasteiger partial charge in [-0.1, -0.05) is 0 Å². The standard InChI is InChI=1S/C12H22N4O2/c13-5-6-14-11(17)9-2-1-7-16(8-9)12(18)15-10-3-4-10/h9-10H,1-8,13H2,(H,14,17)(H,15,18). The molecule has 102 valence electrons. The van der Waals surface area contributed by atoms with Gasteiger partial charge in [0.1, 0.15) is 0 Å². The van der Waals surface area contributed by atoms with Crippen molar-refractivity contribution >= 4 is 11.9 Å². The number of hydrogen-bond acceptors (Lipinski definition) is 3. The highest BCUT2D eigenvalue weighted by Crippen LogP contribution is 2.21. The third-order valence-corrected chi connectivity index (χ3v) is 3.43. The van der Waals surface area contributed by atoms with Crippen LogP contribution in [-0.4, -0.2) is 49.1 Å². The molecule has 0 aromatic heterocycles. The third kappa shape index (κ3) is 3.60. The molecule has 2 fully saturated rings. The summed E-state index contributed by atoms with van der Waals surface area (Å²) in [6.07, 6.45) is 3.91. The van der Waals surface area contributed by atoms with Crippen LogP contribution in [0.15, 0.2) is 0 Å². The van der Waals surface area contributed by atoms with Crippen molar-refractivity contribution < 1.29 is 9.59 Å². The predicted octanol–water partition coefficient (Wildman–Crippen LogP) is -0.355. The second kappa shape index (κ2) is 6.04. The number of carbonyl (C=O) groups excluding carboxylic acids is 2. The van der Waals surface area contributed by atoms with E-state index in [9.17, 15) is 9.59 Å². The van der Waals surface area contributed by atoms with Crippen LogP contribution in [0.2, 0.25) is 0 Å². The van der Waals surface area contributed by atoms with Gasteiger partial charge in [-0.2, -0.15) is 0 Å². The molecule has 6 heteroatoms. The predicted molar refractivity (Wildman–Crippen MR) is 67.9 cm³/mol. The van der Waals surface area contributed by atoms with E-state index in [1.807, 2.05) is 0 Å². The van der Waals surface area contributed by atoms with Crippen LogP contribution >= 0.6 is 0 Å². The van der Waals surface area contributed by atoms with Gasteiger partial charge in [0, 0.05) is 32.2 Å². The highest BCUT2D eigenvalue weighted by molar-refractivity contribution is 5.81. The van der Waals surface area contributed by atoms with Crippen molar-refractivity contribution in [1.29, 1.82) is 0 Å². The first-order chi connectivity index (χ1) is 8.70. The number of hydrogen-bond donors (Lipinski definition) is 3. The van der Waals surface area contributed by atoms with E-state index in [0.29, 0.717) is 25.7 Å². The minimum Gasteiger partial charge on any atom is -0.355 e. The first-order valence-electron chi connectivity index (χ1n) is 6.74. The zero-order chi connectivity index (χ0) is 13.0. The molecular weight excluding hydrogens is 232 g/mol. The van der Waals surface area contributed by atoms with Crippen molar-refractivity contribution in [2.45, 2.75) is 31.7 Å². The molecule has 6 nitrogen and oxygen atoms in total. The largest absolute Gasteiger partial charge is 0.355 e. The van der Waals surface area contributed by atoms with Crippen molar-refractivity contribution in [1.82, 2.24) is 15.5 Å². The maximum atomic E-state index is 11.9. The average Bonchev–Trinajstić information content (AvgIpc) is 3.20. The summed E-state index contributed by atoms with van der Waals surface area (Å²) in [5.41, 5.74) is 5.35. The van der Waals surface area contributed by atoms with E-state index in [1.54, 1.807) is 4.90 Å². The van der Waals surface area contributed by atoms with Crippen LogP contribution in [0.4, 0.5) is 4.79 Å². The van der Waals surface area contributed by atoms with Gasteiger partial charge in [0.15, 0.2) is 0 Å². The highest BCUT2D eigenvalue weighted by atomic mass is 16.2. The fourth-order valence-electron chi connectivity index (χ4n) is 2.21. The number of nitrogens with one attached hydrogen (secondary N) is 2. The Morgan fingerprint density at radius 3 is 2.72 bits per heavy atom. The van der Waals surface area contributed by atoms with Gasteiger partial charge in [-0.25, -0.2) is 4.79 Å².